The first kappa shape index (κ1) is 13.5. The number of hydrogen-bond acceptors (Lipinski definition) is 3. The van der Waals surface area contributed by atoms with Crippen LogP contribution in [0.25, 0.3) is 0 Å². The maximum absolute atomic E-state index is 11.9. The van der Waals surface area contributed by atoms with Crippen LogP contribution in [0.15, 0.2) is 6.20 Å². The van der Waals surface area contributed by atoms with Crippen molar-refractivity contribution in [3.05, 3.63) is 11.8 Å². The van der Waals surface area contributed by atoms with Gasteiger partial charge in [-0.25, -0.2) is 0 Å². The number of hydrogen-bond donors (Lipinski definition) is 2. The van der Waals surface area contributed by atoms with Gasteiger partial charge >= 0.3 is 0 Å². The first-order valence-corrected chi connectivity index (χ1v) is 5.81. The second kappa shape index (κ2) is 4.77. The highest BCUT2D eigenvalue weighted by molar-refractivity contribution is 5.98. The molecule has 0 fully saturated rings. The Morgan fingerprint density at radius 3 is 2.59 bits per heavy atom. The fraction of sp³-hybridized carbons (Fsp3) is 0.667. The summed E-state index contributed by atoms with van der Waals surface area (Å²) in [7, 11) is 1.71. The molecule has 5 nitrogen and oxygen atoms in total. The summed E-state index contributed by atoms with van der Waals surface area (Å²) in [5.41, 5.74) is 6.24. The zero-order valence-electron chi connectivity index (χ0n) is 11.2. The zero-order chi connectivity index (χ0) is 13.2. The molecular weight excluding hydrogens is 216 g/mol. The molecule has 5 heteroatoms. The molecule has 3 N–H and O–H groups in total. The molecule has 0 unspecified atom stereocenters. The summed E-state index contributed by atoms with van der Waals surface area (Å²) in [6, 6.07) is 0. The Balaban J connectivity index is 2.66. The minimum atomic E-state index is -0.163. The third-order valence-corrected chi connectivity index (χ3v) is 3.50. The molecule has 1 amide bonds. The van der Waals surface area contributed by atoms with E-state index in [1.807, 2.05) is 0 Å². The smallest absolute Gasteiger partial charge is 0.256 e. The molecule has 1 rings (SSSR count). The molecular formula is C12H22N4O. The summed E-state index contributed by atoms with van der Waals surface area (Å²) in [4.78, 5) is 11.9. The number of amides is 1. The Labute approximate surface area is 102 Å². The lowest BCUT2D eigenvalue weighted by atomic mass is 9.81. The predicted octanol–water partition coefficient (Wildman–Crippen LogP) is 1.41. The Bertz CT molecular complexity index is 407. The molecule has 0 aliphatic rings. The SMILES string of the molecule is CC(C)C(C)(C)CNC(=O)c1cnn(C)c1N. The van der Waals surface area contributed by atoms with Crippen molar-refractivity contribution in [1.82, 2.24) is 15.1 Å². The van der Waals surface area contributed by atoms with Crippen molar-refractivity contribution in [1.29, 1.82) is 0 Å². The lowest BCUT2D eigenvalue weighted by Gasteiger charge is -2.29. The van der Waals surface area contributed by atoms with Crippen molar-refractivity contribution >= 4 is 11.7 Å². The van der Waals surface area contributed by atoms with E-state index in [9.17, 15) is 4.79 Å². The fourth-order valence-corrected chi connectivity index (χ4v) is 1.23. The molecule has 0 bridgehead atoms. The van der Waals surface area contributed by atoms with E-state index in [2.05, 4.69) is 38.1 Å². The van der Waals surface area contributed by atoms with Crippen molar-refractivity contribution in [2.75, 3.05) is 12.3 Å². The zero-order valence-corrected chi connectivity index (χ0v) is 11.2. The Morgan fingerprint density at radius 2 is 2.18 bits per heavy atom. The van der Waals surface area contributed by atoms with Gasteiger partial charge in [-0.3, -0.25) is 9.48 Å². The molecule has 17 heavy (non-hydrogen) atoms. The topological polar surface area (TPSA) is 72.9 Å². The van der Waals surface area contributed by atoms with Gasteiger partial charge < -0.3 is 11.1 Å². The molecule has 1 heterocycles. The van der Waals surface area contributed by atoms with Crippen LogP contribution >= 0.6 is 0 Å². The third kappa shape index (κ3) is 2.99. The fourth-order valence-electron chi connectivity index (χ4n) is 1.23. The van der Waals surface area contributed by atoms with E-state index in [0.29, 0.717) is 23.8 Å². The van der Waals surface area contributed by atoms with Crippen LogP contribution < -0.4 is 11.1 Å². The number of nitrogens with two attached hydrogens (primary N) is 1. The van der Waals surface area contributed by atoms with E-state index in [1.54, 1.807) is 7.05 Å². The van der Waals surface area contributed by atoms with Crippen LogP contribution in [0.2, 0.25) is 0 Å². The van der Waals surface area contributed by atoms with Gasteiger partial charge in [0.2, 0.25) is 0 Å². The highest BCUT2D eigenvalue weighted by Gasteiger charge is 2.24. The summed E-state index contributed by atoms with van der Waals surface area (Å²) in [6.07, 6.45) is 1.49. The highest BCUT2D eigenvalue weighted by atomic mass is 16.1. The van der Waals surface area contributed by atoms with Gasteiger partial charge in [0.1, 0.15) is 11.4 Å². The lowest BCUT2D eigenvalue weighted by Crippen LogP contribution is -2.37. The van der Waals surface area contributed by atoms with Crippen molar-refractivity contribution in [3.8, 4) is 0 Å². The molecule has 96 valence electrons. The molecule has 0 spiro atoms. The Kier molecular flexibility index (Phi) is 3.80. The van der Waals surface area contributed by atoms with Gasteiger partial charge in [0.15, 0.2) is 0 Å². The van der Waals surface area contributed by atoms with E-state index in [1.165, 1.54) is 10.9 Å². The number of nitrogen functional groups attached to an aromatic ring is 1. The van der Waals surface area contributed by atoms with Gasteiger partial charge in [-0.1, -0.05) is 27.7 Å². The van der Waals surface area contributed by atoms with E-state index >= 15 is 0 Å². The van der Waals surface area contributed by atoms with Gasteiger partial charge in [0.25, 0.3) is 5.91 Å². The van der Waals surface area contributed by atoms with Crippen LogP contribution in [0.5, 0.6) is 0 Å². The first-order chi connectivity index (χ1) is 7.75. The largest absolute Gasteiger partial charge is 0.383 e. The van der Waals surface area contributed by atoms with Crippen LogP contribution in [-0.2, 0) is 7.05 Å². The van der Waals surface area contributed by atoms with Gasteiger partial charge in [0, 0.05) is 13.6 Å². The van der Waals surface area contributed by atoms with Gasteiger partial charge in [-0.05, 0) is 11.3 Å². The minimum Gasteiger partial charge on any atom is -0.383 e. The average molecular weight is 238 g/mol. The van der Waals surface area contributed by atoms with Crippen molar-refractivity contribution in [2.24, 2.45) is 18.4 Å². The maximum Gasteiger partial charge on any atom is 0.256 e. The molecule has 0 saturated carbocycles. The van der Waals surface area contributed by atoms with E-state index < -0.39 is 0 Å². The van der Waals surface area contributed by atoms with E-state index in [-0.39, 0.29) is 11.3 Å². The highest BCUT2D eigenvalue weighted by Crippen LogP contribution is 2.24. The third-order valence-electron chi connectivity index (χ3n) is 3.50. The Morgan fingerprint density at radius 1 is 1.59 bits per heavy atom. The minimum absolute atomic E-state index is 0.0621. The van der Waals surface area contributed by atoms with Crippen LogP contribution in [0.4, 0.5) is 5.82 Å². The molecule has 0 aliphatic carbocycles. The number of aromatic nitrogens is 2. The van der Waals surface area contributed by atoms with Crippen molar-refractivity contribution in [3.63, 3.8) is 0 Å². The van der Waals surface area contributed by atoms with E-state index in [0.717, 1.165) is 0 Å². The first-order valence-electron chi connectivity index (χ1n) is 5.81. The quantitative estimate of drug-likeness (QED) is 0.833. The normalized spacial score (nSPS) is 11.9. The molecule has 0 aromatic carbocycles. The van der Waals surface area contributed by atoms with E-state index in [4.69, 9.17) is 5.73 Å². The molecule has 1 aromatic rings. The number of nitrogens with zero attached hydrogens (tertiary/aromatic N) is 2. The summed E-state index contributed by atoms with van der Waals surface area (Å²) < 4.78 is 1.49. The Hall–Kier alpha value is -1.52. The maximum atomic E-state index is 11.9. The van der Waals surface area contributed by atoms with Crippen molar-refractivity contribution < 1.29 is 4.79 Å². The summed E-state index contributed by atoms with van der Waals surface area (Å²) in [6.45, 7) is 9.17. The standard InChI is InChI=1S/C12H22N4O/c1-8(2)12(3,4)7-14-11(17)9-6-15-16(5)10(9)13/h6,8H,7,13H2,1-5H3,(H,14,17). The number of aryl methyl sites for hydroxylation is 1. The van der Waals surface area contributed by atoms with Gasteiger partial charge in [0.05, 0.1) is 6.20 Å². The average Bonchev–Trinajstić information content (AvgIpc) is 2.56. The van der Waals surface area contributed by atoms with Crippen LogP contribution in [-0.4, -0.2) is 22.2 Å². The summed E-state index contributed by atoms with van der Waals surface area (Å²) in [5.74, 6) is 0.725. The predicted molar refractivity (Wildman–Crippen MR) is 68.6 cm³/mol. The van der Waals surface area contributed by atoms with Crippen LogP contribution in [0.1, 0.15) is 38.1 Å². The van der Waals surface area contributed by atoms with Crippen LogP contribution in [0, 0.1) is 11.3 Å². The molecule has 0 saturated heterocycles. The number of nitrogens with one attached hydrogen (secondary N) is 1. The summed E-state index contributed by atoms with van der Waals surface area (Å²) in [5, 5.41) is 6.85. The van der Waals surface area contributed by atoms with Gasteiger partial charge in [-0.15, -0.1) is 0 Å². The molecule has 0 radical (unpaired) electrons. The lowest BCUT2D eigenvalue weighted by molar-refractivity contribution is 0.0925. The molecule has 1 aromatic heterocycles. The van der Waals surface area contributed by atoms with Crippen LogP contribution in [0.3, 0.4) is 0 Å². The van der Waals surface area contributed by atoms with Gasteiger partial charge in [-0.2, -0.15) is 5.10 Å². The van der Waals surface area contributed by atoms with Crippen molar-refractivity contribution in [2.45, 2.75) is 27.7 Å². The summed E-state index contributed by atoms with van der Waals surface area (Å²) >= 11 is 0. The monoisotopic (exact) mass is 238 g/mol. The number of carbonyl (C=O) groups is 1. The molecule has 0 aliphatic heterocycles. The number of rotatable bonds is 4. The second-order valence-corrected chi connectivity index (χ2v) is 5.39. The number of carbonyl (C=O) groups excluding carboxylic acids is 1. The number of anilines is 1. The second-order valence-electron chi connectivity index (χ2n) is 5.39. The molecule has 0 atom stereocenters.